The number of hydrogen-bond donors (Lipinski definition) is 0. The molecule has 0 saturated carbocycles. The first-order valence-electron chi connectivity index (χ1n) is 13.9. The van der Waals surface area contributed by atoms with Crippen LogP contribution in [0.15, 0.2) is 12.2 Å². The van der Waals surface area contributed by atoms with E-state index in [1.165, 1.54) is 135 Å². The molecule has 0 nitrogen and oxygen atoms in total. The van der Waals surface area contributed by atoms with Crippen molar-refractivity contribution in [2.24, 2.45) is 11.8 Å². The maximum Gasteiger partial charge on any atom is -0.0351 e. The van der Waals surface area contributed by atoms with Crippen LogP contribution in [0.1, 0.15) is 163 Å². The summed E-state index contributed by atoms with van der Waals surface area (Å²) in [7, 11) is 0. The molecular formula is C29H58. The fourth-order valence-corrected chi connectivity index (χ4v) is 4.59. The van der Waals surface area contributed by atoms with Crippen molar-refractivity contribution in [2.45, 2.75) is 163 Å². The van der Waals surface area contributed by atoms with E-state index in [9.17, 15) is 0 Å². The summed E-state index contributed by atoms with van der Waals surface area (Å²) in [5, 5.41) is 0. The summed E-state index contributed by atoms with van der Waals surface area (Å²) in [6.45, 7) is 9.42. The van der Waals surface area contributed by atoms with Crippen molar-refractivity contribution in [3.8, 4) is 0 Å². The van der Waals surface area contributed by atoms with Gasteiger partial charge in [-0.05, 0) is 43.9 Å². The van der Waals surface area contributed by atoms with E-state index >= 15 is 0 Å². The smallest absolute Gasteiger partial charge is 0.0351 e. The molecule has 0 aliphatic heterocycles. The normalized spacial score (nSPS) is 13.0. The molecule has 0 spiro atoms. The fraction of sp³-hybridized carbons (Fsp3) is 0.931. The summed E-state index contributed by atoms with van der Waals surface area (Å²) >= 11 is 0. The van der Waals surface area contributed by atoms with Crippen molar-refractivity contribution in [2.75, 3.05) is 0 Å². The van der Waals surface area contributed by atoms with Crippen LogP contribution >= 0.6 is 0 Å². The SMILES string of the molecule is CCCCCC=CCCCCCCCCCC(CCCCCCCC)CC(C)C. The van der Waals surface area contributed by atoms with Crippen molar-refractivity contribution in [3.63, 3.8) is 0 Å². The van der Waals surface area contributed by atoms with Gasteiger partial charge >= 0.3 is 0 Å². The third kappa shape index (κ3) is 23.9. The highest BCUT2D eigenvalue weighted by molar-refractivity contribution is 4.81. The lowest BCUT2D eigenvalue weighted by atomic mass is 9.87. The molecule has 0 aromatic carbocycles. The average molecular weight is 407 g/mol. The molecule has 0 rings (SSSR count). The van der Waals surface area contributed by atoms with Crippen molar-refractivity contribution in [1.29, 1.82) is 0 Å². The molecule has 1 unspecified atom stereocenters. The number of hydrogen-bond acceptors (Lipinski definition) is 0. The fourth-order valence-electron chi connectivity index (χ4n) is 4.59. The molecule has 0 bridgehead atoms. The van der Waals surface area contributed by atoms with Gasteiger partial charge in [0.1, 0.15) is 0 Å². The van der Waals surface area contributed by atoms with Crippen LogP contribution in [-0.2, 0) is 0 Å². The van der Waals surface area contributed by atoms with Gasteiger partial charge < -0.3 is 0 Å². The predicted octanol–water partition coefficient (Wildman–Crippen LogP) is 11.0. The second kappa shape index (κ2) is 24.0. The van der Waals surface area contributed by atoms with Crippen LogP contribution in [0.4, 0.5) is 0 Å². The molecule has 0 aromatic rings. The van der Waals surface area contributed by atoms with Crippen LogP contribution in [0.3, 0.4) is 0 Å². The zero-order valence-electron chi connectivity index (χ0n) is 21.2. The topological polar surface area (TPSA) is 0 Å². The lowest BCUT2D eigenvalue weighted by Gasteiger charge is -2.19. The number of unbranched alkanes of at least 4 members (excludes halogenated alkanes) is 15. The maximum absolute atomic E-state index is 2.42. The highest BCUT2D eigenvalue weighted by Gasteiger charge is 2.10. The van der Waals surface area contributed by atoms with Gasteiger partial charge in [-0.2, -0.15) is 0 Å². The summed E-state index contributed by atoms with van der Waals surface area (Å²) < 4.78 is 0. The van der Waals surface area contributed by atoms with Crippen LogP contribution in [-0.4, -0.2) is 0 Å². The van der Waals surface area contributed by atoms with Crippen molar-refractivity contribution in [3.05, 3.63) is 12.2 Å². The number of rotatable bonds is 23. The van der Waals surface area contributed by atoms with Crippen LogP contribution in [0.2, 0.25) is 0 Å². The largest absolute Gasteiger partial charge is 0.0885 e. The molecule has 0 N–H and O–H groups in total. The zero-order chi connectivity index (χ0) is 21.4. The van der Waals surface area contributed by atoms with Gasteiger partial charge in [0.25, 0.3) is 0 Å². The summed E-state index contributed by atoms with van der Waals surface area (Å²) in [5.41, 5.74) is 0. The highest BCUT2D eigenvalue weighted by atomic mass is 14.2. The lowest BCUT2D eigenvalue weighted by molar-refractivity contribution is 0.338. The first-order chi connectivity index (χ1) is 14.2. The first-order valence-corrected chi connectivity index (χ1v) is 13.9. The third-order valence-corrected chi connectivity index (χ3v) is 6.39. The van der Waals surface area contributed by atoms with Crippen LogP contribution in [0.5, 0.6) is 0 Å². The van der Waals surface area contributed by atoms with E-state index in [-0.39, 0.29) is 0 Å². The average Bonchev–Trinajstić information content (AvgIpc) is 2.70. The Labute approximate surface area is 186 Å². The Balaban J connectivity index is 3.52. The first kappa shape index (κ1) is 28.7. The monoisotopic (exact) mass is 406 g/mol. The van der Waals surface area contributed by atoms with E-state index in [4.69, 9.17) is 0 Å². The van der Waals surface area contributed by atoms with Gasteiger partial charge in [0.2, 0.25) is 0 Å². The molecule has 0 radical (unpaired) electrons. The Morgan fingerprint density at radius 2 is 0.862 bits per heavy atom. The summed E-state index contributed by atoms with van der Waals surface area (Å²) in [4.78, 5) is 0. The highest BCUT2D eigenvalue weighted by Crippen LogP contribution is 2.25. The molecular weight excluding hydrogens is 348 g/mol. The second-order valence-corrected chi connectivity index (χ2v) is 10.1. The van der Waals surface area contributed by atoms with Crippen molar-refractivity contribution >= 4 is 0 Å². The molecule has 0 aliphatic rings. The molecule has 0 amide bonds. The number of allylic oxidation sites excluding steroid dienone is 2. The van der Waals surface area contributed by atoms with E-state index < -0.39 is 0 Å². The molecule has 0 aliphatic carbocycles. The van der Waals surface area contributed by atoms with Crippen LogP contribution < -0.4 is 0 Å². The lowest BCUT2D eigenvalue weighted by Crippen LogP contribution is -2.05. The standard InChI is InChI=1S/C29H58/c1-5-7-9-11-13-14-15-16-17-18-19-20-22-24-26-29(27-28(3)4)25-23-21-12-10-8-6-2/h13-14,28-29H,5-12,15-27H2,1-4H3. The second-order valence-electron chi connectivity index (χ2n) is 10.1. The predicted molar refractivity (Wildman–Crippen MR) is 136 cm³/mol. The van der Waals surface area contributed by atoms with Gasteiger partial charge in [-0.1, -0.05) is 143 Å². The maximum atomic E-state index is 2.42. The van der Waals surface area contributed by atoms with Crippen molar-refractivity contribution < 1.29 is 0 Å². The molecule has 174 valence electrons. The molecule has 0 heterocycles. The van der Waals surface area contributed by atoms with Crippen LogP contribution in [0, 0.1) is 11.8 Å². The van der Waals surface area contributed by atoms with E-state index in [1.54, 1.807) is 0 Å². The van der Waals surface area contributed by atoms with E-state index in [0.29, 0.717) is 0 Å². The van der Waals surface area contributed by atoms with Gasteiger partial charge in [0, 0.05) is 0 Å². The van der Waals surface area contributed by atoms with E-state index in [0.717, 1.165) is 11.8 Å². The Kier molecular flexibility index (Phi) is 23.8. The van der Waals surface area contributed by atoms with E-state index in [1.807, 2.05) is 0 Å². The Morgan fingerprint density at radius 3 is 1.34 bits per heavy atom. The Bertz CT molecular complexity index is 314. The molecule has 0 heteroatoms. The Morgan fingerprint density at radius 1 is 0.483 bits per heavy atom. The molecule has 1 atom stereocenters. The van der Waals surface area contributed by atoms with Crippen LogP contribution in [0.25, 0.3) is 0 Å². The molecule has 0 aromatic heterocycles. The van der Waals surface area contributed by atoms with Gasteiger partial charge in [-0.3, -0.25) is 0 Å². The van der Waals surface area contributed by atoms with Gasteiger partial charge in [-0.15, -0.1) is 0 Å². The van der Waals surface area contributed by atoms with E-state index in [2.05, 4.69) is 39.8 Å². The molecule has 29 heavy (non-hydrogen) atoms. The van der Waals surface area contributed by atoms with Crippen molar-refractivity contribution in [1.82, 2.24) is 0 Å². The minimum atomic E-state index is 0.876. The zero-order valence-corrected chi connectivity index (χ0v) is 21.2. The van der Waals surface area contributed by atoms with Gasteiger partial charge in [0.15, 0.2) is 0 Å². The summed E-state index contributed by atoms with van der Waals surface area (Å²) in [6, 6.07) is 0. The quantitative estimate of drug-likeness (QED) is 0.117. The molecule has 0 saturated heterocycles. The van der Waals surface area contributed by atoms with Gasteiger partial charge in [-0.25, -0.2) is 0 Å². The summed E-state index contributed by atoms with van der Waals surface area (Å²) in [6.07, 6.45) is 34.9. The van der Waals surface area contributed by atoms with Gasteiger partial charge in [0.05, 0.1) is 0 Å². The Hall–Kier alpha value is -0.260. The molecule has 0 fully saturated rings. The summed E-state index contributed by atoms with van der Waals surface area (Å²) in [5.74, 6) is 1.88. The minimum absolute atomic E-state index is 0.876. The third-order valence-electron chi connectivity index (χ3n) is 6.39. The minimum Gasteiger partial charge on any atom is -0.0885 e.